The number of pyridine rings is 1. The van der Waals surface area contributed by atoms with Crippen LogP contribution in [-0.2, 0) is 4.74 Å². The third-order valence-corrected chi connectivity index (χ3v) is 3.33. The number of carbonyl (C=O) groups excluding carboxylic acids is 1. The van der Waals surface area contributed by atoms with Crippen molar-refractivity contribution in [3.8, 4) is 0 Å². The minimum atomic E-state index is -1.27. The van der Waals surface area contributed by atoms with Crippen molar-refractivity contribution in [3.63, 3.8) is 0 Å². The van der Waals surface area contributed by atoms with Gasteiger partial charge in [0.05, 0.1) is 11.9 Å². The lowest BCUT2D eigenvalue weighted by atomic mass is 10.2. The maximum Gasteiger partial charge on any atom is 0.410 e. The Morgan fingerprint density at radius 1 is 1.26 bits per heavy atom. The molecule has 0 aromatic carbocycles. The highest BCUT2D eigenvalue weighted by molar-refractivity contribution is 5.85. The van der Waals surface area contributed by atoms with E-state index in [0.717, 1.165) is 6.07 Å². The average Bonchev–Trinajstić information content (AvgIpc) is 2.45. The van der Waals surface area contributed by atoms with Crippen molar-refractivity contribution in [2.45, 2.75) is 26.4 Å². The van der Waals surface area contributed by atoms with Crippen molar-refractivity contribution in [1.82, 2.24) is 9.88 Å². The third kappa shape index (κ3) is 4.30. The van der Waals surface area contributed by atoms with Gasteiger partial charge >= 0.3 is 12.1 Å². The van der Waals surface area contributed by atoms with Crippen LogP contribution < -0.4 is 4.90 Å². The van der Waals surface area contributed by atoms with Crippen molar-refractivity contribution < 1.29 is 23.8 Å². The van der Waals surface area contributed by atoms with Gasteiger partial charge in [0.15, 0.2) is 11.5 Å². The molecule has 1 fully saturated rings. The summed E-state index contributed by atoms with van der Waals surface area (Å²) in [6.07, 6.45) is 0.819. The Balaban J connectivity index is 1.99. The number of anilines is 1. The Labute approximate surface area is 133 Å². The number of hydrogen-bond donors (Lipinski definition) is 1. The van der Waals surface area contributed by atoms with Gasteiger partial charge in [-0.15, -0.1) is 0 Å². The predicted molar refractivity (Wildman–Crippen MR) is 81.2 cm³/mol. The fourth-order valence-electron chi connectivity index (χ4n) is 2.23. The van der Waals surface area contributed by atoms with Crippen LogP contribution in [0.2, 0.25) is 0 Å². The molecule has 1 aliphatic rings. The number of carboxylic acid groups (broad SMARTS) is 1. The van der Waals surface area contributed by atoms with E-state index in [0.29, 0.717) is 26.2 Å². The molecule has 1 aliphatic heterocycles. The van der Waals surface area contributed by atoms with Gasteiger partial charge in [-0.25, -0.2) is 19.0 Å². The van der Waals surface area contributed by atoms with Crippen molar-refractivity contribution >= 4 is 17.7 Å². The molecule has 0 bridgehead atoms. The molecule has 23 heavy (non-hydrogen) atoms. The number of halogens is 1. The highest BCUT2D eigenvalue weighted by atomic mass is 19.1. The second-order valence-corrected chi connectivity index (χ2v) is 6.28. The highest BCUT2D eigenvalue weighted by Gasteiger charge is 2.27. The number of carboxylic acids is 1. The van der Waals surface area contributed by atoms with Gasteiger partial charge in [-0.2, -0.15) is 0 Å². The number of nitrogens with zero attached hydrogens (tertiary/aromatic N) is 3. The van der Waals surface area contributed by atoms with Crippen LogP contribution in [0.15, 0.2) is 12.3 Å². The Hall–Kier alpha value is -2.38. The average molecular weight is 325 g/mol. The topological polar surface area (TPSA) is 83.0 Å². The molecule has 1 aromatic heterocycles. The molecule has 0 atom stereocenters. The number of carbonyl (C=O) groups is 2. The van der Waals surface area contributed by atoms with Gasteiger partial charge in [-0.1, -0.05) is 0 Å². The van der Waals surface area contributed by atoms with Crippen molar-refractivity contribution in [1.29, 1.82) is 0 Å². The summed E-state index contributed by atoms with van der Waals surface area (Å²) in [5.74, 6) is -1.91. The van der Waals surface area contributed by atoms with Gasteiger partial charge in [0.25, 0.3) is 0 Å². The maximum absolute atomic E-state index is 14.0. The van der Waals surface area contributed by atoms with Gasteiger partial charge in [-0.3, -0.25) is 0 Å². The monoisotopic (exact) mass is 325 g/mol. The van der Waals surface area contributed by atoms with Crippen LogP contribution >= 0.6 is 0 Å². The summed E-state index contributed by atoms with van der Waals surface area (Å²) in [6, 6.07) is 0.901. The molecule has 126 valence electrons. The van der Waals surface area contributed by atoms with E-state index in [-0.39, 0.29) is 11.4 Å². The van der Waals surface area contributed by atoms with E-state index >= 15 is 0 Å². The van der Waals surface area contributed by atoms with Crippen LogP contribution in [0.5, 0.6) is 0 Å². The van der Waals surface area contributed by atoms with E-state index in [1.54, 1.807) is 30.6 Å². The molecule has 1 amide bonds. The first-order chi connectivity index (χ1) is 10.7. The minimum absolute atomic E-state index is 0.235. The van der Waals surface area contributed by atoms with Gasteiger partial charge in [0.1, 0.15) is 5.60 Å². The zero-order valence-electron chi connectivity index (χ0n) is 13.4. The number of rotatable bonds is 2. The van der Waals surface area contributed by atoms with Crippen LogP contribution in [0.3, 0.4) is 0 Å². The highest BCUT2D eigenvalue weighted by Crippen LogP contribution is 2.21. The molecule has 1 N–H and O–H groups in total. The molecule has 8 heteroatoms. The fraction of sp³-hybridized carbons (Fsp3) is 0.533. The Morgan fingerprint density at radius 2 is 1.87 bits per heavy atom. The van der Waals surface area contributed by atoms with Gasteiger partial charge in [-0.05, 0) is 20.8 Å². The quantitative estimate of drug-likeness (QED) is 0.895. The first-order valence-corrected chi connectivity index (χ1v) is 7.29. The molecule has 0 saturated carbocycles. The van der Waals surface area contributed by atoms with E-state index in [4.69, 9.17) is 9.84 Å². The summed E-state index contributed by atoms with van der Waals surface area (Å²) in [7, 11) is 0. The number of hydrogen-bond acceptors (Lipinski definition) is 5. The summed E-state index contributed by atoms with van der Waals surface area (Å²) < 4.78 is 19.3. The van der Waals surface area contributed by atoms with Crippen LogP contribution in [-0.4, -0.2) is 58.8 Å². The van der Waals surface area contributed by atoms with E-state index in [9.17, 15) is 14.0 Å². The van der Waals surface area contributed by atoms with E-state index < -0.39 is 23.5 Å². The predicted octanol–water partition coefficient (Wildman–Crippen LogP) is 1.98. The second-order valence-electron chi connectivity index (χ2n) is 6.28. The molecule has 2 heterocycles. The van der Waals surface area contributed by atoms with E-state index in [1.807, 2.05) is 0 Å². The molecule has 0 unspecified atom stereocenters. The molecular weight excluding hydrogens is 305 g/mol. The Bertz CT molecular complexity index is 607. The number of aromatic nitrogens is 1. The molecule has 0 spiro atoms. The van der Waals surface area contributed by atoms with Crippen LogP contribution in [0.4, 0.5) is 14.9 Å². The zero-order valence-corrected chi connectivity index (χ0v) is 13.4. The first-order valence-electron chi connectivity index (χ1n) is 7.29. The summed E-state index contributed by atoms with van der Waals surface area (Å²) in [5.41, 5.74) is -0.658. The van der Waals surface area contributed by atoms with E-state index in [2.05, 4.69) is 4.98 Å². The smallest absolute Gasteiger partial charge is 0.410 e. The lowest BCUT2D eigenvalue weighted by molar-refractivity contribution is 0.0240. The molecule has 1 aromatic rings. The SMILES string of the molecule is CC(C)(C)OC(=O)N1CCN(c2cnc(C(=O)O)cc2F)CC1. The van der Waals surface area contributed by atoms with Crippen molar-refractivity contribution in [2.75, 3.05) is 31.1 Å². The van der Waals surface area contributed by atoms with Crippen molar-refractivity contribution in [2.24, 2.45) is 0 Å². The maximum atomic E-state index is 14.0. The van der Waals surface area contributed by atoms with Gasteiger partial charge in [0.2, 0.25) is 0 Å². The standard InChI is InChI=1S/C15H20FN3O4/c1-15(2,3)23-14(22)19-6-4-18(5-7-19)12-9-17-11(13(20)21)8-10(12)16/h8-9H,4-7H2,1-3H3,(H,20,21). The lowest BCUT2D eigenvalue weighted by Gasteiger charge is -2.36. The number of amides is 1. The largest absolute Gasteiger partial charge is 0.477 e. The molecular formula is C15H20FN3O4. The van der Waals surface area contributed by atoms with Crippen LogP contribution in [0, 0.1) is 5.82 Å². The zero-order chi connectivity index (χ0) is 17.2. The Morgan fingerprint density at radius 3 is 2.35 bits per heavy atom. The van der Waals surface area contributed by atoms with Gasteiger partial charge in [0, 0.05) is 32.2 Å². The summed E-state index contributed by atoms with van der Waals surface area (Å²) in [6.45, 7) is 7.03. The number of ether oxygens (including phenoxy) is 1. The lowest BCUT2D eigenvalue weighted by Crippen LogP contribution is -2.50. The fourth-order valence-corrected chi connectivity index (χ4v) is 2.23. The first kappa shape index (κ1) is 17.0. The molecule has 0 radical (unpaired) electrons. The molecule has 0 aliphatic carbocycles. The summed E-state index contributed by atoms with van der Waals surface area (Å²) in [5, 5.41) is 8.80. The Kier molecular flexibility index (Phi) is 4.72. The molecule has 7 nitrogen and oxygen atoms in total. The van der Waals surface area contributed by atoms with Crippen molar-refractivity contribution in [3.05, 3.63) is 23.8 Å². The number of aromatic carboxylic acids is 1. The summed E-state index contributed by atoms with van der Waals surface area (Å²) >= 11 is 0. The minimum Gasteiger partial charge on any atom is -0.477 e. The second kappa shape index (κ2) is 6.39. The molecule has 1 saturated heterocycles. The third-order valence-electron chi connectivity index (χ3n) is 3.33. The number of piperazine rings is 1. The molecule has 2 rings (SSSR count). The van der Waals surface area contributed by atoms with Crippen LogP contribution in [0.25, 0.3) is 0 Å². The van der Waals surface area contributed by atoms with Gasteiger partial charge < -0.3 is 19.6 Å². The summed E-state index contributed by atoms with van der Waals surface area (Å²) in [4.78, 5) is 29.8. The van der Waals surface area contributed by atoms with Crippen LogP contribution in [0.1, 0.15) is 31.3 Å². The normalized spacial score (nSPS) is 15.5. The van der Waals surface area contributed by atoms with E-state index in [1.165, 1.54) is 6.20 Å².